The Morgan fingerprint density at radius 1 is 1.48 bits per heavy atom. The summed E-state index contributed by atoms with van der Waals surface area (Å²) in [4.78, 5) is 30.6. The van der Waals surface area contributed by atoms with E-state index in [1.165, 1.54) is 18.2 Å². The number of halogens is 2. The van der Waals surface area contributed by atoms with Crippen LogP contribution in [-0.4, -0.2) is 21.0 Å². The lowest BCUT2D eigenvalue weighted by molar-refractivity contribution is 0.0701. The molecule has 3 rings (SSSR count). The van der Waals surface area contributed by atoms with Crippen LogP contribution in [0, 0.1) is 12.7 Å². The summed E-state index contributed by atoms with van der Waals surface area (Å²) >= 11 is 6.77. The first kappa shape index (κ1) is 15.6. The number of fused-ring (bicyclic) bond motifs is 1. The number of H-pyrrole nitrogens is 1. The fraction of sp³-hybridized carbons (Fsp3) is 0.133. The number of rotatable bonds is 3. The van der Waals surface area contributed by atoms with E-state index in [4.69, 9.17) is 16.7 Å². The molecule has 0 saturated carbocycles. The van der Waals surface area contributed by atoms with E-state index >= 15 is 0 Å². The van der Waals surface area contributed by atoms with Crippen molar-refractivity contribution in [1.82, 2.24) is 9.97 Å². The Kier molecular flexibility index (Phi) is 3.91. The molecule has 1 aromatic carbocycles. The first-order valence-electron chi connectivity index (χ1n) is 6.56. The van der Waals surface area contributed by atoms with Gasteiger partial charge in [0.1, 0.15) is 21.3 Å². The average molecular weight is 353 g/mol. The van der Waals surface area contributed by atoms with Gasteiger partial charge in [-0.1, -0.05) is 11.6 Å². The largest absolute Gasteiger partial charge is 0.477 e. The smallest absolute Gasteiger partial charge is 0.346 e. The van der Waals surface area contributed by atoms with Gasteiger partial charge in [0, 0.05) is 11.4 Å². The number of carboxylic acid groups (broad SMARTS) is 1. The molecule has 23 heavy (non-hydrogen) atoms. The Morgan fingerprint density at radius 3 is 2.91 bits per heavy atom. The highest BCUT2D eigenvalue weighted by molar-refractivity contribution is 7.20. The monoisotopic (exact) mass is 352 g/mol. The average Bonchev–Trinajstić information content (AvgIpc) is 2.80. The molecule has 0 aliphatic carbocycles. The van der Waals surface area contributed by atoms with E-state index < -0.39 is 17.3 Å². The molecule has 0 fully saturated rings. The number of aromatic nitrogens is 2. The SMILES string of the molecule is Cc1c(C(=O)O)sc2nc(Cc3cc(Cl)ccc3F)[nH]c(=O)c12. The van der Waals surface area contributed by atoms with Crippen LogP contribution in [0.25, 0.3) is 10.2 Å². The maximum atomic E-state index is 13.8. The molecule has 0 radical (unpaired) electrons. The molecule has 2 heterocycles. The minimum atomic E-state index is -1.10. The van der Waals surface area contributed by atoms with Gasteiger partial charge < -0.3 is 10.1 Å². The zero-order valence-electron chi connectivity index (χ0n) is 11.8. The predicted octanol–water partition coefficient (Wildman–Crippen LogP) is 3.37. The van der Waals surface area contributed by atoms with Gasteiger partial charge in [-0.25, -0.2) is 14.2 Å². The molecule has 0 bridgehead atoms. The quantitative estimate of drug-likeness (QED) is 0.757. The third-order valence-corrected chi connectivity index (χ3v) is 4.82. The Balaban J connectivity index is 2.11. The molecule has 0 aliphatic rings. The lowest BCUT2D eigenvalue weighted by Crippen LogP contribution is -2.12. The summed E-state index contributed by atoms with van der Waals surface area (Å²) in [5, 5.41) is 9.77. The molecule has 0 spiro atoms. The van der Waals surface area contributed by atoms with E-state index in [0.717, 1.165) is 11.3 Å². The van der Waals surface area contributed by atoms with Crippen molar-refractivity contribution < 1.29 is 14.3 Å². The molecular formula is C15H10ClFN2O3S. The number of carbonyl (C=O) groups is 1. The van der Waals surface area contributed by atoms with Crippen molar-refractivity contribution in [3.05, 3.63) is 61.2 Å². The summed E-state index contributed by atoms with van der Waals surface area (Å²) in [5.74, 6) is -1.31. The van der Waals surface area contributed by atoms with Crippen molar-refractivity contribution in [1.29, 1.82) is 0 Å². The van der Waals surface area contributed by atoms with Crippen LogP contribution < -0.4 is 5.56 Å². The van der Waals surface area contributed by atoms with Crippen LogP contribution in [0.3, 0.4) is 0 Å². The molecule has 8 heteroatoms. The number of aromatic amines is 1. The lowest BCUT2D eigenvalue weighted by Gasteiger charge is -2.04. The number of thiophene rings is 1. The number of hydrogen-bond donors (Lipinski definition) is 2. The van der Waals surface area contributed by atoms with Gasteiger partial charge >= 0.3 is 5.97 Å². The zero-order valence-corrected chi connectivity index (χ0v) is 13.4. The van der Waals surface area contributed by atoms with Crippen molar-refractivity contribution in [3.8, 4) is 0 Å². The summed E-state index contributed by atoms with van der Waals surface area (Å²) in [6.45, 7) is 1.56. The van der Waals surface area contributed by atoms with E-state index in [9.17, 15) is 14.0 Å². The molecule has 0 aliphatic heterocycles. The Labute approximate surface area is 138 Å². The second-order valence-electron chi connectivity index (χ2n) is 4.97. The topological polar surface area (TPSA) is 83.0 Å². The van der Waals surface area contributed by atoms with Gasteiger partial charge in [0.2, 0.25) is 0 Å². The predicted molar refractivity (Wildman–Crippen MR) is 86.2 cm³/mol. The molecule has 118 valence electrons. The van der Waals surface area contributed by atoms with Crippen molar-refractivity contribution in [2.24, 2.45) is 0 Å². The number of aromatic carboxylic acids is 1. The second-order valence-corrected chi connectivity index (χ2v) is 6.40. The number of nitrogens with one attached hydrogen (secondary N) is 1. The second kappa shape index (κ2) is 5.75. The van der Waals surface area contributed by atoms with E-state index in [0.29, 0.717) is 21.0 Å². The van der Waals surface area contributed by atoms with Crippen molar-refractivity contribution in [3.63, 3.8) is 0 Å². The number of carboxylic acids is 1. The highest BCUT2D eigenvalue weighted by Crippen LogP contribution is 2.27. The van der Waals surface area contributed by atoms with Gasteiger partial charge in [-0.3, -0.25) is 4.79 Å². The number of aryl methyl sites for hydroxylation is 1. The highest BCUT2D eigenvalue weighted by atomic mass is 35.5. The Bertz CT molecular complexity index is 996. The van der Waals surface area contributed by atoms with Crippen molar-refractivity contribution in [2.75, 3.05) is 0 Å². The van der Waals surface area contributed by atoms with E-state index in [1.807, 2.05) is 0 Å². The highest BCUT2D eigenvalue weighted by Gasteiger charge is 2.19. The summed E-state index contributed by atoms with van der Waals surface area (Å²) in [5.41, 5.74) is 0.243. The first-order chi connectivity index (χ1) is 10.9. The fourth-order valence-electron chi connectivity index (χ4n) is 2.34. The number of nitrogens with zero attached hydrogens (tertiary/aromatic N) is 1. The van der Waals surface area contributed by atoms with E-state index in [2.05, 4.69) is 9.97 Å². The van der Waals surface area contributed by atoms with Crippen LogP contribution >= 0.6 is 22.9 Å². The summed E-state index contributed by atoms with van der Waals surface area (Å²) < 4.78 is 13.8. The molecule has 2 N–H and O–H groups in total. The first-order valence-corrected chi connectivity index (χ1v) is 7.75. The number of hydrogen-bond acceptors (Lipinski definition) is 4. The Hall–Kier alpha value is -2.25. The molecule has 5 nitrogen and oxygen atoms in total. The molecule has 0 atom stereocenters. The molecule has 0 amide bonds. The summed E-state index contributed by atoms with van der Waals surface area (Å²) in [7, 11) is 0. The number of benzene rings is 1. The summed E-state index contributed by atoms with van der Waals surface area (Å²) in [6, 6.07) is 4.14. The normalized spacial score (nSPS) is 11.1. The van der Waals surface area contributed by atoms with Crippen LogP contribution in [0.4, 0.5) is 4.39 Å². The third-order valence-electron chi connectivity index (χ3n) is 3.41. The van der Waals surface area contributed by atoms with Gasteiger partial charge in [0.25, 0.3) is 5.56 Å². The van der Waals surface area contributed by atoms with E-state index in [-0.39, 0.29) is 22.5 Å². The molecular weight excluding hydrogens is 343 g/mol. The van der Waals surface area contributed by atoms with Crippen LogP contribution in [0.15, 0.2) is 23.0 Å². The molecule has 3 aromatic rings. The van der Waals surface area contributed by atoms with Gasteiger partial charge in [-0.15, -0.1) is 11.3 Å². The van der Waals surface area contributed by atoms with Crippen molar-refractivity contribution in [2.45, 2.75) is 13.3 Å². The van der Waals surface area contributed by atoms with Gasteiger partial charge in [-0.2, -0.15) is 0 Å². The summed E-state index contributed by atoms with van der Waals surface area (Å²) in [6.07, 6.45) is 0.0525. The fourth-order valence-corrected chi connectivity index (χ4v) is 3.57. The third kappa shape index (κ3) is 2.85. The minimum Gasteiger partial charge on any atom is -0.477 e. The van der Waals surface area contributed by atoms with Gasteiger partial charge in [-0.05, 0) is 36.2 Å². The molecule has 0 unspecified atom stereocenters. The lowest BCUT2D eigenvalue weighted by atomic mass is 10.1. The maximum Gasteiger partial charge on any atom is 0.346 e. The van der Waals surface area contributed by atoms with Gasteiger partial charge in [0.15, 0.2) is 0 Å². The van der Waals surface area contributed by atoms with Crippen LogP contribution in [0.2, 0.25) is 5.02 Å². The van der Waals surface area contributed by atoms with Crippen LogP contribution in [0.5, 0.6) is 0 Å². The van der Waals surface area contributed by atoms with Crippen LogP contribution in [0.1, 0.15) is 26.6 Å². The van der Waals surface area contributed by atoms with Crippen LogP contribution in [-0.2, 0) is 6.42 Å². The van der Waals surface area contributed by atoms with E-state index in [1.54, 1.807) is 6.92 Å². The standard InChI is InChI=1S/C15H10ClFN2O3S/c1-6-11-13(20)18-10(19-14(11)23-12(6)15(21)22)5-7-4-8(16)2-3-9(7)17/h2-4H,5H2,1H3,(H,21,22)(H,18,19,20). The van der Waals surface area contributed by atoms with Crippen molar-refractivity contribution >= 4 is 39.1 Å². The Morgan fingerprint density at radius 2 is 2.22 bits per heavy atom. The minimum absolute atomic E-state index is 0.0525. The molecule has 2 aromatic heterocycles. The van der Waals surface area contributed by atoms with Gasteiger partial charge in [0.05, 0.1) is 5.39 Å². The molecule has 0 saturated heterocycles. The maximum absolute atomic E-state index is 13.8. The zero-order chi connectivity index (χ0) is 16.7.